The lowest BCUT2D eigenvalue weighted by molar-refractivity contribution is -0.120. The minimum absolute atomic E-state index is 0.0193. The summed E-state index contributed by atoms with van der Waals surface area (Å²) in [6, 6.07) is 8.46. The van der Waals surface area contributed by atoms with Crippen LogP contribution >= 0.6 is 11.8 Å². The van der Waals surface area contributed by atoms with E-state index in [1.54, 1.807) is 11.6 Å². The quantitative estimate of drug-likeness (QED) is 0.471. The highest BCUT2D eigenvalue weighted by atomic mass is 32.2. The molecule has 0 spiro atoms. The number of benzene rings is 1. The van der Waals surface area contributed by atoms with E-state index in [2.05, 4.69) is 60.2 Å². The number of thioether (sulfide) groups is 1. The molecule has 0 radical (unpaired) electrons. The van der Waals surface area contributed by atoms with Crippen molar-refractivity contribution in [1.29, 1.82) is 0 Å². The van der Waals surface area contributed by atoms with Gasteiger partial charge in [-0.3, -0.25) is 14.2 Å². The van der Waals surface area contributed by atoms with E-state index in [0.29, 0.717) is 23.7 Å². The van der Waals surface area contributed by atoms with Gasteiger partial charge in [0, 0.05) is 37.8 Å². The fraction of sp³-hybridized carbons (Fsp3) is 0.577. The fourth-order valence-corrected chi connectivity index (χ4v) is 5.00. The van der Waals surface area contributed by atoms with Crippen molar-refractivity contribution in [3.8, 4) is 0 Å². The Kier molecular flexibility index (Phi) is 8.40. The molecule has 1 amide bonds. The third kappa shape index (κ3) is 6.70. The number of hydrogen-bond acceptors (Lipinski definition) is 5. The lowest BCUT2D eigenvalue weighted by Gasteiger charge is -2.19. The van der Waals surface area contributed by atoms with Gasteiger partial charge in [-0.05, 0) is 56.3 Å². The average Bonchev–Trinajstić information content (AvgIpc) is 3.28. The monoisotopic (exact) mass is 470 g/mol. The molecule has 0 saturated carbocycles. The van der Waals surface area contributed by atoms with Crippen LogP contribution in [-0.2, 0) is 23.7 Å². The van der Waals surface area contributed by atoms with Gasteiger partial charge in [0.25, 0.3) is 5.56 Å². The molecule has 180 valence electrons. The molecule has 1 aliphatic heterocycles. The molecular weight excluding hydrogens is 432 g/mol. The smallest absolute Gasteiger partial charge is 0.257 e. The van der Waals surface area contributed by atoms with E-state index in [1.807, 2.05) is 13.8 Å². The van der Waals surface area contributed by atoms with Crippen molar-refractivity contribution in [2.45, 2.75) is 69.7 Å². The molecule has 1 saturated heterocycles. The Balaban J connectivity index is 1.64. The van der Waals surface area contributed by atoms with Gasteiger partial charge in [-0.15, -0.1) is 0 Å². The molecular formula is C26H38N4O2S. The Labute approximate surface area is 202 Å². The van der Waals surface area contributed by atoms with Gasteiger partial charge in [-0.2, -0.15) is 0 Å². The van der Waals surface area contributed by atoms with Gasteiger partial charge in [0.05, 0.1) is 5.25 Å². The summed E-state index contributed by atoms with van der Waals surface area (Å²) in [6.07, 6.45) is 3.04. The summed E-state index contributed by atoms with van der Waals surface area (Å²) in [5, 5.41) is 3.27. The maximum atomic E-state index is 13.1. The lowest BCUT2D eigenvalue weighted by Crippen LogP contribution is -2.37. The molecule has 1 aliphatic rings. The molecule has 1 aromatic heterocycles. The molecule has 1 fully saturated rings. The molecule has 1 aromatic carbocycles. The zero-order chi connectivity index (χ0) is 24.2. The van der Waals surface area contributed by atoms with Crippen molar-refractivity contribution in [1.82, 2.24) is 19.8 Å². The maximum absolute atomic E-state index is 13.1. The minimum Gasteiger partial charge on any atom is -0.354 e. The molecule has 0 aliphatic carbocycles. The largest absolute Gasteiger partial charge is 0.354 e. The molecule has 6 nitrogen and oxygen atoms in total. The number of aryl methyl sites for hydroxylation is 1. The highest BCUT2D eigenvalue weighted by Gasteiger charge is 2.20. The highest BCUT2D eigenvalue weighted by Crippen LogP contribution is 2.24. The number of amides is 1. The number of carbonyl (C=O) groups excluding carboxylic acids is 1. The first-order valence-electron chi connectivity index (χ1n) is 11.9. The summed E-state index contributed by atoms with van der Waals surface area (Å²) in [5.74, 6) is -0.0193. The molecule has 1 unspecified atom stereocenters. The summed E-state index contributed by atoms with van der Waals surface area (Å²) in [6.45, 7) is 14.1. The Bertz CT molecular complexity index is 1020. The van der Waals surface area contributed by atoms with Crippen LogP contribution in [0.2, 0.25) is 0 Å². The molecule has 0 bridgehead atoms. The molecule has 33 heavy (non-hydrogen) atoms. The van der Waals surface area contributed by atoms with Gasteiger partial charge in [0.2, 0.25) is 5.91 Å². The Morgan fingerprint density at radius 3 is 2.42 bits per heavy atom. The Morgan fingerprint density at radius 2 is 1.82 bits per heavy atom. The first-order valence-corrected chi connectivity index (χ1v) is 12.8. The first kappa shape index (κ1) is 25.5. The molecule has 1 N–H and O–H groups in total. The third-order valence-electron chi connectivity index (χ3n) is 6.33. The standard InChI is InChI=1S/C26H38N4O2S/c1-18-22(17-20-9-11-21(12-10-20)26(3,4)5)24(32)29(6)25(28-18)33-19(2)23(31)27-13-16-30-14-7-8-15-30/h9-12,19H,7-8,13-17H2,1-6H3,(H,27,31). The van der Waals surface area contributed by atoms with Crippen molar-refractivity contribution in [3.05, 3.63) is 57.0 Å². The van der Waals surface area contributed by atoms with Crippen molar-refractivity contribution < 1.29 is 4.79 Å². The van der Waals surface area contributed by atoms with E-state index < -0.39 is 0 Å². The predicted octanol–water partition coefficient (Wildman–Crippen LogP) is 3.67. The van der Waals surface area contributed by atoms with Crippen LogP contribution in [0.3, 0.4) is 0 Å². The lowest BCUT2D eigenvalue weighted by atomic mass is 9.86. The topological polar surface area (TPSA) is 67.2 Å². The molecule has 2 heterocycles. The molecule has 1 atom stereocenters. The SMILES string of the molecule is Cc1nc(SC(C)C(=O)NCCN2CCCC2)n(C)c(=O)c1Cc1ccc(C(C)(C)C)cc1. The molecule has 7 heteroatoms. The number of nitrogens with one attached hydrogen (secondary N) is 1. The van der Waals surface area contributed by atoms with Crippen LogP contribution in [0.4, 0.5) is 0 Å². The summed E-state index contributed by atoms with van der Waals surface area (Å²) in [4.78, 5) is 32.7. The predicted molar refractivity (Wildman–Crippen MR) is 136 cm³/mol. The Morgan fingerprint density at radius 1 is 1.18 bits per heavy atom. The summed E-state index contributed by atoms with van der Waals surface area (Å²) < 4.78 is 1.57. The van der Waals surface area contributed by atoms with Crippen molar-refractivity contribution in [2.24, 2.45) is 7.05 Å². The van der Waals surface area contributed by atoms with E-state index in [9.17, 15) is 9.59 Å². The number of nitrogens with zero attached hydrogens (tertiary/aromatic N) is 3. The number of rotatable bonds is 8. The van der Waals surface area contributed by atoms with Crippen LogP contribution in [0, 0.1) is 6.92 Å². The second-order valence-electron chi connectivity index (χ2n) is 10.0. The van der Waals surface area contributed by atoms with Crippen molar-refractivity contribution in [3.63, 3.8) is 0 Å². The summed E-state index contributed by atoms with van der Waals surface area (Å²) in [7, 11) is 1.74. The third-order valence-corrected chi connectivity index (χ3v) is 7.47. The van der Waals surface area contributed by atoms with Crippen LogP contribution in [0.5, 0.6) is 0 Å². The van der Waals surface area contributed by atoms with E-state index in [-0.39, 0.29) is 22.1 Å². The maximum Gasteiger partial charge on any atom is 0.257 e. The van der Waals surface area contributed by atoms with Gasteiger partial charge in [0.1, 0.15) is 0 Å². The second kappa shape index (κ2) is 10.9. The van der Waals surface area contributed by atoms with Gasteiger partial charge < -0.3 is 10.2 Å². The number of carbonyl (C=O) groups is 1. The van der Waals surface area contributed by atoms with Gasteiger partial charge in [0.15, 0.2) is 5.16 Å². The van der Waals surface area contributed by atoms with Crippen molar-refractivity contribution >= 4 is 17.7 Å². The minimum atomic E-state index is -0.322. The van der Waals surface area contributed by atoms with Gasteiger partial charge in [-0.25, -0.2) is 4.98 Å². The van der Waals surface area contributed by atoms with E-state index in [1.165, 1.54) is 30.2 Å². The highest BCUT2D eigenvalue weighted by molar-refractivity contribution is 8.00. The van der Waals surface area contributed by atoms with Crippen LogP contribution < -0.4 is 10.9 Å². The normalized spacial score (nSPS) is 15.6. The summed E-state index contributed by atoms with van der Waals surface area (Å²) in [5.41, 5.74) is 3.84. The first-order chi connectivity index (χ1) is 15.6. The van der Waals surface area contributed by atoms with E-state index in [4.69, 9.17) is 0 Å². The second-order valence-corrected chi connectivity index (χ2v) is 11.4. The fourth-order valence-electron chi connectivity index (χ4n) is 4.06. The van der Waals surface area contributed by atoms with E-state index >= 15 is 0 Å². The van der Waals surface area contributed by atoms with E-state index in [0.717, 1.165) is 30.9 Å². The summed E-state index contributed by atoms with van der Waals surface area (Å²) >= 11 is 1.34. The van der Waals surface area contributed by atoms with Crippen LogP contribution in [0.25, 0.3) is 0 Å². The Hall–Kier alpha value is -2.12. The number of likely N-dealkylation sites (tertiary alicyclic amines) is 1. The van der Waals surface area contributed by atoms with Crippen molar-refractivity contribution in [2.75, 3.05) is 26.2 Å². The van der Waals surface area contributed by atoms with Gasteiger partial charge in [-0.1, -0.05) is 56.8 Å². The van der Waals surface area contributed by atoms with Crippen LogP contribution in [0.1, 0.15) is 62.9 Å². The van der Waals surface area contributed by atoms with Gasteiger partial charge >= 0.3 is 0 Å². The molecule has 2 aromatic rings. The average molecular weight is 471 g/mol. The van der Waals surface area contributed by atoms with Crippen LogP contribution in [-0.4, -0.2) is 51.8 Å². The number of hydrogen-bond donors (Lipinski definition) is 1. The zero-order valence-corrected chi connectivity index (χ0v) is 21.7. The number of aromatic nitrogens is 2. The van der Waals surface area contributed by atoms with Crippen LogP contribution in [0.15, 0.2) is 34.2 Å². The molecule has 3 rings (SSSR count). The zero-order valence-electron chi connectivity index (χ0n) is 20.9.